The first-order valence-corrected chi connectivity index (χ1v) is 8.15. The van der Waals surface area contributed by atoms with Crippen LogP contribution in [0.2, 0.25) is 0 Å². The highest BCUT2D eigenvalue weighted by Crippen LogP contribution is 2.24. The van der Waals surface area contributed by atoms with E-state index < -0.39 is 21.7 Å². The van der Waals surface area contributed by atoms with E-state index in [1.807, 2.05) is 0 Å². The lowest BCUT2D eigenvalue weighted by Gasteiger charge is -2.13. The van der Waals surface area contributed by atoms with Crippen molar-refractivity contribution in [2.24, 2.45) is 0 Å². The Morgan fingerprint density at radius 3 is 2.24 bits per heavy atom. The van der Waals surface area contributed by atoms with E-state index in [9.17, 15) is 13.2 Å². The maximum atomic E-state index is 12.4. The second-order valence-corrected chi connectivity index (χ2v) is 6.82. The Kier molecular flexibility index (Phi) is 4.43. The number of aliphatic carboxylic acids is 1. The number of sulfone groups is 1. The molecule has 0 aromatic heterocycles. The van der Waals surface area contributed by atoms with Crippen LogP contribution in [0.25, 0.3) is 0 Å². The molecule has 0 fully saturated rings. The van der Waals surface area contributed by atoms with E-state index in [1.54, 1.807) is 61.5 Å². The zero-order chi connectivity index (χ0) is 15.5. The van der Waals surface area contributed by atoms with Gasteiger partial charge >= 0.3 is 5.97 Å². The van der Waals surface area contributed by atoms with Crippen molar-refractivity contribution < 1.29 is 18.3 Å². The van der Waals surface area contributed by atoms with Crippen molar-refractivity contribution in [2.75, 3.05) is 0 Å². The second-order valence-electron chi connectivity index (χ2n) is 4.83. The fourth-order valence-electron chi connectivity index (χ4n) is 2.14. The molecule has 0 heterocycles. The summed E-state index contributed by atoms with van der Waals surface area (Å²) in [5, 5.41) is 9.13. The van der Waals surface area contributed by atoms with Gasteiger partial charge in [0.05, 0.1) is 16.6 Å². The molecule has 0 radical (unpaired) electrons. The van der Waals surface area contributed by atoms with Gasteiger partial charge in [0.1, 0.15) is 0 Å². The summed E-state index contributed by atoms with van der Waals surface area (Å²) in [6.07, 6.45) is 0. The predicted octanol–water partition coefficient (Wildman–Crippen LogP) is 2.85. The summed E-state index contributed by atoms with van der Waals surface area (Å²) in [4.78, 5) is 11.4. The standard InChI is InChI=1S/C16H16O4S/c1-12(16(17)18)15-10-6-5-7-13(15)11-21(19,20)14-8-3-2-4-9-14/h2-10,12H,11H2,1H3,(H,17,18). The van der Waals surface area contributed by atoms with E-state index in [0.29, 0.717) is 11.1 Å². The van der Waals surface area contributed by atoms with E-state index in [-0.39, 0.29) is 10.6 Å². The molecular weight excluding hydrogens is 288 g/mol. The van der Waals surface area contributed by atoms with Gasteiger partial charge in [0.25, 0.3) is 0 Å². The Morgan fingerprint density at radius 2 is 1.62 bits per heavy atom. The Bertz CT molecular complexity index is 736. The minimum atomic E-state index is -3.49. The second kappa shape index (κ2) is 6.10. The van der Waals surface area contributed by atoms with E-state index >= 15 is 0 Å². The maximum absolute atomic E-state index is 12.4. The minimum Gasteiger partial charge on any atom is -0.481 e. The predicted molar refractivity (Wildman–Crippen MR) is 79.8 cm³/mol. The van der Waals surface area contributed by atoms with Gasteiger partial charge in [-0.1, -0.05) is 42.5 Å². The lowest BCUT2D eigenvalue weighted by atomic mass is 9.97. The number of benzene rings is 2. The molecule has 5 heteroatoms. The Morgan fingerprint density at radius 1 is 1.05 bits per heavy atom. The van der Waals surface area contributed by atoms with Crippen molar-refractivity contribution in [3.05, 3.63) is 65.7 Å². The smallest absolute Gasteiger partial charge is 0.310 e. The molecule has 2 aromatic carbocycles. The fraction of sp³-hybridized carbons (Fsp3) is 0.188. The van der Waals surface area contributed by atoms with Crippen LogP contribution >= 0.6 is 0 Å². The molecule has 2 aromatic rings. The van der Waals surface area contributed by atoms with Gasteiger partial charge in [0, 0.05) is 0 Å². The quantitative estimate of drug-likeness (QED) is 0.922. The monoisotopic (exact) mass is 304 g/mol. The molecular formula is C16H16O4S. The zero-order valence-electron chi connectivity index (χ0n) is 11.6. The molecule has 0 saturated carbocycles. The Labute approximate surface area is 124 Å². The average Bonchev–Trinajstić information content (AvgIpc) is 2.47. The molecule has 0 aliphatic heterocycles. The summed E-state index contributed by atoms with van der Waals surface area (Å²) in [7, 11) is -3.49. The van der Waals surface area contributed by atoms with E-state index in [4.69, 9.17) is 5.11 Å². The molecule has 0 saturated heterocycles. The van der Waals surface area contributed by atoms with Gasteiger partial charge in [-0.15, -0.1) is 0 Å². The Balaban J connectivity index is 2.39. The Hall–Kier alpha value is -2.14. The summed E-state index contributed by atoms with van der Waals surface area (Å²) < 4.78 is 24.8. The van der Waals surface area contributed by atoms with Gasteiger partial charge in [-0.2, -0.15) is 0 Å². The van der Waals surface area contributed by atoms with Crippen molar-refractivity contribution in [2.45, 2.75) is 23.5 Å². The van der Waals surface area contributed by atoms with E-state index in [0.717, 1.165) is 0 Å². The zero-order valence-corrected chi connectivity index (χ0v) is 12.4. The third-order valence-electron chi connectivity index (χ3n) is 3.34. The van der Waals surface area contributed by atoms with Gasteiger partial charge in [-0.05, 0) is 30.2 Å². The van der Waals surface area contributed by atoms with Crippen LogP contribution in [0.5, 0.6) is 0 Å². The van der Waals surface area contributed by atoms with Crippen LogP contribution in [0, 0.1) is 0 Å². The summed E-state index contributed by atoms with van der Waals surface area (Å²) in [6, 6.07) is 14.9. The summed E-state index contributed by atoms with van der Waals surface area (Å²) in [6.45, 7) is 1.55. The molecule has 110 valence electrons. The third-order valence-corrected chi connectivity index (χ3v) is 5.02. The average molecular weight is 304 g/mol. The third kappa shape index (κ3) is 3.49. The summed E-state index contributed by atoms with van der Waals surface area (Å²) in [5.41, 5.74) is 1.06. The van der Waals surface area contributed by atoms with Crippen molar-refractivity contribution in [3.8, 4) is 0 Å². The first kappa shape index (κ1) is 15.3. The highest BCUT2D eigenvalue weighted by Gasteiger charge is 2.21. The molecule has 2 rings (SSSR count). The number of carboxylic acids is 1. The molecule has 4 nitrogen and oxygen atoms in total. The molecule has 1 unspecified atom stereocenters. The van der Waals surface area contributed by atoms with Crippen molar-refractivity contribution in [1.29, 1.82) is 0 Å². The van der Waals surface area contributed by atoms with Crippen LogP contribution in [0.15, 0.2) is 59.5 Å². The maximum Gasteiger partial charge on any atom is 0.310 e. The van der Waals surface area contributed by atoms with Crippen LogP contribution in [-0.4, -0.2) is 19.5 Å². The summed E-state index contributed by atoms with van der Waals surface area (Å²) in [5.74, 6) is -1.92. The lowest BCUT2D eigenvalue weighted by Crippen LogP contribution is -2.13. The minimum absolute atomic E-state index is 0.204. The van der Waals surface area contributed by atoms with E-state index in [1.165, 1.54) is 0 Å². The molecule has 1 atom stereocenters. The molecule has 0 spiro atoms. The number of carbonyl (C=O) groups is 1. The normalized spacial score (nSPS) is 12.8. The van der Waals surface area contributed by atoms with Crippen LogP contribution in [0.3, 0.4) is 0 Å². The molecule has 0 bridgehead atoms. The molecule has 0 aliphatic rings. The van der Waals surface area contributed by atoms with Crippen LogP contribution in [-0.2, 0) is 20.4 Å². The number of rotatable bonds is 5. The summed E-state index contributed by atoms with van der Waals surface area (Å²) >= 11 is 0. The van der Waals surface area contributed by atoms with Gasteiger partial charge in [-0.25, -0.2) is 8.42 Å². The first-order chi connectivity index (χ1) is 9.92. The molecule has 0 amide bonds. The van der Waals surface area contributed by atoms with Crippen molar-refractivity contribution in [3.63, 3.8) is 0 Å². The highest BCUT2D eigenvalue weighted by molar-refractivity contribution is 7.90. The molecule has 0 aliphatic carbocycles. The van der Waals surface area contributed by atoms with Crippen LogP contribution in [0.1, 0.15) is 24.0 Å². The van der Waals surface area contributed by atoms with Gasteiger partial charge in [0.2, 0.25) is 0 Å². The number of hydrogen-bond donors (Lipinski definition) is 1. The number of hydrogen-bond acceptors (Lipinski definition) is 3. The topological polar surface area (TPSA) is 71.4 Å². The van der Waals surface area contributed by atoms with Gasteiger partial charge < -0.3 is 5.11 Å². The van der Waals surface area contributed by atoms with Crippen LogP contribution in [0.4, 0.5) is 0 Å². The largest absolute Gasteiger partial charge is 0.481 e. The number of carboxylic acid groups (broad SMARTS) is 1. The van der Waals surface area contributed by atoms with Gasteiger partial charge in [-0.3, -0.25) is 4.79 Å². The van der Waals surface area contributed by atoms with Crippen molar-refractivity contribution in [1.82, 2.24) is 0 Å². The molecule has 21 heavy (non-hydrogen) atoms. The molecule has 1 N–H and O–H groups in total. The lowest BCUT2D eigenvalue weighted by molar-refractivity contribution is -0.138. The first-order valence-electron chi connectivity index (χ1n) is 6.50. The SMILES string of the molecule is CC(C(=O)O)c1ccccc1CS(=O)(=O)c1ccccc1. The fourth-order valence-corrected chi connectivity index (χ4v) is 3.55. The van der Waals surface area contributed by atoms with Crippen molar-refractivity contribution >= 4 is 15.8 Å². The van der Waals surface area contributed by atoms with E-state index in [2.05, 4.69) is 0 Å². The van der Waals surface area contributed by atoms with Crippen LogP contribution < -0.4 is 0 Å². The van der Waals surface area contributed by atoms with Gasteiger partial charge in [0.15, 0.2) is 9.84 Å². The highest BCUT2D eigenvalue weighted by atomic mass is 32.2.